The lowest BCUT2D eigenvalue weighted by molar-refractivity contribution is 0.0499. The van der Waals surface area contributed by atoms with E-state index in [1.165, 1.54) is 4.90 Å². The molecule has 2 rings (SSSR count). The highest BCUT2D eigenvalue weighted by molar-refractivity contribution is 6.30. The minimum absolute atomic E-state index is 0.0583. The summed E-state index contributed by atoms with van der Waals surface area (Å²) in [5, 5.41) is 12.9. The summed E-state index contributed by atoms with van der Waals surface area (Å²) in [7, 11) is 1.69. The number of benzene rings is 1. The molecule has 0 bridgehead atoms. The minimum Gasteiger partial charge on any atom is -0.394 e. The Morgan fingerprint density at radius 2 is 2.17 bits per heavy atom. The maximum Gasteiger partial charge on any atom is 0.317 e. The van der Waals surface area contributed by atoms with Gasteiger partial charge in [0, 0.05) is 37.2 Å². The van der Waals surface area contributed by atoms with Gasteiger partial charge in [0.1, 0.15) is 0 Å². The molecule has 2 N–H and O–H groups in total. The van der Waals surface area contributed by atoms with Gasteiger partial charge in [-0.15, -0.1) is 0 Å². The largest absolute Gasteiger partial charge is 0.394 e. The van der Waals surface area contributed by atoms with Crippen molar-refractivity contribution in [3.05, 3.63) is 34.9 Å². The van der Waals surface area contributed by atoms with Gasteiger partial charge in [0.25, 0.3) is 0 Å². The lowest BCUT2D eigenvalue weighted by Crippen LogP contribution is -2.50. The second-order valence-electron chi connectivity index (χ2n) is 6.20. The van der Waals surface area contributed by atoms with Gasteiger partial charge < -0.3 is 20.1 Å². The van der Waals surface area contributed by atoms with Crippen LogP contribution in [-0.4, -0.2) is 55.5 Å². The third-order valence-corrected chi connectivity index (χ3v) is 4.95. The van der Waals surface area contributed by atoms with Crippen molar-refractivity contribution in [3.63, 3.8) is 0 Å². The van der Waals surface area contributed by atoms with E-state index in [2.05, 4.69) is 11.4 Å². The van der Waals surface area contributed by atoms with Crippen LogP contribution >= 0.6 is 11.6 Å². The van der Waals surface area contributed by atoms with Crippen LogP contribution in [0.2, 0.25) is 5.02 Å². The Labute approximate surface area is 142 Å². The number of aliphatic hydroxyl groups excluding tert-OH is 1. The zero-order valence-electron chi connectivity index (χ0n) is 13.7. The van der Waals surface area contributed by atoms with Gasteiger partial charge in [-0.2, -0.15) is 0 Å². The third-order valence-electron chi connectivity index (χ3n) is 4.71. The summed E-state index contributed by atoms with van der Waals surface area (Å²) in [6.07, 6.45) is 1.68. The Morgan fingerprint density at radius 3 is 2.78 bits per heavy atom. The normalized spacial score (nSPS) is 18.3. The standard InChI is InChI=1S/C17H25ClN2O3/c1-13(11-21)20(2)16(22)19-12-17(6-8-23-9-7-17)14-4-3-5-15(18)10-14/h3-5,10,13,21H,6-9,11-12H2,1-2H3,(H,19,22). The average Bonchev–Trinajstić information content (AvgIpc) is 2.59. The van der Waals surface area contributed by atoms with Gasteiger partial charge in [-0.3, -0.25) is 0 Å². The average molecular weight is 341 g/mol. The number of amides is 2. The number of carbonyl (C=O) groups is 1. The third kappa shape index (κ3) is 4.37. The van der Waals surface area contributed by atoms with E-state index in [1.807, 2.05) is 18.2 Å². The quantitative estimate of drug-likeness (QED) is 0.865. The number of halogens is 1. The molecule has 1 aliphatic rings. The van der Waals surface area contributed by atoms with Gasteiger partial charge in [0.2, 0.25) is 0 Å². The number of rotatable bonds is 5. The number of nitrogens with one attached hydrogen (secondary N) is 1. The summed E-state index contributed by atoms with van der Waals surface area (Å²) < 4.78 is 5.50. The maximum atomic E-state index is 12.3. The van der Waals surface area contributed by atoms with Crippen molar-refractivity contribution >= 4 is 17.6 Å². The molecule has 1 atom stereocenters. The van der Waals surface area contributed by atoms with Crippen molar-refractivity contribution in [1.82, 2.24) is 10.2 Å². The van der Waals surface area contributed by atoms with E-state index in [-0.39, 0.29) is 24.1 Å². The summed E-state index contributed by atoms with van der Waals surface area (Å²) in [5.74, 6) is 0. The highest BCUT2D eigenvalue weighted by Crippen LogP contribution is 2.35. The van der Waals surface area contributed by atoms with Crippen LogP contribution in [0, 0.1) is 0 Å². The van der Waals surface area contributed by atoms with E-state index in [9.17, 15) is 9.90 Å². The number of urea groups is 1. The van der Waals surface area contributed by atoms with Gasteiger partial charge >= 0.3 is 6.03 Å². The molecule has 5 nitrogen and oxygen atoms in total. The molecule has 128 valence electrons. The van der Waals surface area contributed by atoms with Gasteiger partial charge in [-0.25, -0.2) is 4.79 Å². The minimum atomic E-state index is -0.216. The number of aliphatic hydroxyl groups is 1. The zero-order chi connectivity index (χ0) is 16.9. The molecule has 1 aromatic carbocycles. The Bertz CT molecular complexity index is 532. The molecule has 1 fully saturated rings. The highest BCUT2D eigenvalue weighted by atomic mass is 35.5. The molecule has 1 unspecified atom stereocenters. The number of carbonyl (C=O) groups excluding carboxylic acids is 1. The Morgan fingerprint density at radius 1 is 1.48 bits per heavy atom. The predicted molar refractivity (Wildman–Crippen MR) is 90.9 cm³/mol. The van der Waals surface area contributed by atoms with Crippen LogP contribution < -0.4 is 5.32 Å². The van der Waals surface area contributed by atoms with Gasteiger partial charge in [-0.1, -0.05) is 23.7 Å². The lowest BCUT2D eigenvalue weighted by Gasteiger charge is -2.38. The highest BCUT2D eigenvalue weighted by Gasteiger charge is 2.35. The molecule has 23 heavy (non-hydrogen) atoms. The summed E-state index contributed by atoms with van der Waals surface area (Å²) in [6.45, 7) is 3.62. The number of likely N-dealkylation sites (N-methyl/N-ethyl adjacent to an activating group) is 1. The second-order valence-corrected chi connectivity index (χ2v) is 6.64. The molecule has 0 radical (unpaired) electrons. The first kappa shape index (κ1) is 18.0. The van der Waals surface area contributed by atoms with Crippen LogP contribution in [0.3, 0.4) is 0 Å². The number of nitrogens with zero attached hydrogens (tertiary/aromatic N) is 1. The summed E-state index contributed by atoms with van der Waals surface area (Å²) in [6, 6.07) is 7.43. The Balaban J connectivity index is 2.12. The molecule has 0 aromatic heterocycles. The van der Waals surface area contributed by atoms with E-state index in [0.29, 0.717) is 24.8 Å². The van der Waals surface area contributed by atoms with Crippen LogP contribution in [-0.2, 0) is 10.2 Å². The van der Waals surface area contributed by atoms with Crippen molar-refractivity contribution in [2.45, 2.75) is 31.2 Å². The lowest BCUT2D eigenvalue weighted by atomic mass is 9.74. The number of hydrogen-bond acceptors (Lipinski definition) is 3. The van der Waals surface area contributed by atoms with Crippen molar-refractivity contribution in [2.75, 3.05) is 33.4 Å². The molecule has 1 heterocycles. The van der Waals surface area contributed by atoms with E-state index in [1.54, 1.807) is 14.0 Å². The van der Waals surface area contributed by atoms with E-state index < -0.39 is 0 Å². The summed E-state index contributed by atoms with van der Waals surface area (Å²) >= 11 is 6.14. The summed E-state index contributed by atoms with van der Waals surface area (Å²) in [5.41, 5.74) is 0.966. The predicted octanol–water partition coefficient (Wildman–Crippen LogP) is 2.41. The molecule has 0 aliphatic carbocycles. The number of ether oxygens (including phenoxy) is 1. The smallest absolute Gasteiger partial charge is 0.317 e. The molecule has 2 amide bonds. The first-order valence-corrected chi connectivity index (χ1v) is 8.31. The van der Waals surface area contributed by atoms with Crippen molar-refractivity contribution < 1.29 is 14.6 Å². The second kappa shape index (κ2) is 7.99. The Hall–Kier alpha value is -1.30. The fourth-order valence-corrected chi connectivity index (χ4v) is 3.03. The van der Waals surface area contributed by atoms with Gasteiger partial charge in [-0.05, 0) is 37.5 Å². The van der Waals surface area contributed by atoms with Crippen molar-refractivity contribution in [2.24, 2.45) is 0 Å². The van der Waals surface area contributed by atoms with E-state index in [4.69, 9.17) is 16.3 Å². The van der Waals surface area contributed by atoms with Crippen LogP contribution in [0.1, 0.15) is 25.3 Å². The SMILES string of the molecule is CC(CO)N(C)C(=O)NCC1(c2cccc(Cl)c2)CCOCC1. The van der Waals surface area contributed by atoms with Crippen LogP contribution in [0.25, 0.3) is 0 Å². The van der Waals surface area contributed by atoms with Gasteiger partial charge in [0.15, 0.2) is 0 Å². The zero-order valence-corrected chi connectivity index (χ0v) is 14.5. The first-order chi connectivity index (χ1) is 11.0. The topological polar surface area (TPSA) is 61.8 Å². The molecule has 0 saturated carbocycles. The van der Waals surface area contributed by atoms with Crippen LogP contribution in [0.4, 0.5) is 4.79 Å². The molecular formula is C17H25ClN2O3. The first-order valence-electron chi connectivity index (χ1n) is 7.94. The monoisotopic (exact) mass is 340 g/mol. The van der Waals surface area contributed by atoms with Crippen molar-refractivity contribution in [3.8, 4) is 0 Å². The number of hydrogen-bond donors (Lipinski definition) is 2. The van der Waals surface area contributed by atoms with Crippen molar-refractivity contribution in [1.29, 1.82) is 0 Å². The molecular weight excluding hydrogens is 316 g/mol. The molecule has 6 heteroatoms. The molecule has 1 aliphatic heterocycles. The fraction of sp³-hybridized carbons (Fsp3) is 0.588. The summed E-state index contributed by atoms with van der Waals surface area (Å²) in [4.78, 5) is 13.8. The molecule has 1 aromatic rings. The van der Waals surface area contributed by atoms with Crippen LogP contribution in [0.15, 0.2) is 24.3 Å². The van der Waals surface area contributed by atoms with E-state index in [0.717, 1.165) is 18.4 Å². The van der Waals surface area contributed by atoms with Crippen LogP contribution in [0.5, 0.6) is 0 Å². The van der Waals surface area contributed by atoms with E-state index >= 15 is 0 Å². The fourth-order valence-electron chi connectivity index (χ4n) is 2.84. The Kier molecular flexibility index (Phi) is 6.27. The van der Waals surface area contributed by atoms with Gasteiger partial charge in [0.05, 0.1) is 12.6 Å². The molecule has 1 saturated heterocycles. The maximum absolute atomic E-state index is 12.3. The molecule has 0 spiro atoms.